The molecule has 1 unspecified atom stereocenters. The van der Waals surface area contributed by atoms with Gasteiger partial charge in [-0.2, -0.15) is 0 Å². The second kappa shape index (κ2) is 6.14. The summed E-state index contributed by atoms with van der Waals surface area (Å²) in [6.07, 6.45) is 5.90. The van der Waals surface area contributed by atoms with Crippen molar-refractivity contribution in [3.05, 3.63) is 54.0 Å². The minimum atomic E-state index is 0.286. The van der Waals surface area contributed by atoms with Crippen molar-refractivity contribution in [3.8, 4) is 0 Å². The zero-order valence-corrected chi connectivity index (χ0v) is 12.4. The Morgan fingerprint density at radius 3 is 3.05 bits per heavy atom. The van der Waals surface area contributed by atoms with E-state index in [0.717, 1.165) is 43.1 Å². The zero-order valence-electron chi connectivity index (χ0n) is 12.4. The van der Waals surface area contributed by atoms with E-state index in [1.54, 1.807) is 7.11 Å². The first-order chi connectivity index (χ1) is 10.3. The van der Waals surface area contributed by atoms with Crippen LogP contribution in [-0.4, -0.2) is 30.2 Å². The highest BCUT2D eigenvalue weighted by molar-refractivity contribution is 5.80. The number of fused-ring (bicyclic) bond motifs is 1. The van der Waals surface area contributed by atoms with Crippen LogP contribution in [-0.2, 0) is 11.2 Å². The molecule has 2 aromatic rings. The molecule has 0 aliphatic carbocycles. The molecule has 1 atom stereocenters. The third kappa shape index (κ3) is 2.85. The average Bonchev–Trinajstić information content (AvgIpc) is 2.98. The molecule has 0 fully saturated rings. The Hall–Kier alpha value is -2.07. The van der Waals surface area contributed by atoms with E-state index >= 15 is 0 Å². The molecule has 0 radical (unpaired) electrons. The van der Waals surface area contributed by atoms with Gasteiger partial charge in [0.2, 0.25) is 0 Å². The number of hydrogen-bond donors (Lipinski definition) is 2. The van der Waals surface area contributed by atoms with Crippen LogP contribution in [0, 0.1) is 0 Å². The summed E-state index contributed by atoms with van der Waals surface area (Å²) in [7, 11) is 1.73. The second-order valence-corrected chi connectivity index (χ2v) is 5.40. The van der Waals surface area contributed by atoms with Gasteiger partial charge in [-0.05, 0) is 36.1 Å². The largest absolute Gasteiger partial charge is 0.385 e. The Bertz CT molecular complexity index is 615. The van der Waals surface area contributed by atoms with E-state index in [2.05, 4.69) is 40.1 Å². The van der Waals surface area contributed by atoms with Crippen LogP contribution in [0.4, 0.5) is 5.82 Å². The summed E-state index contributed by atoms with van der Waals surface area (Å²) in [5, 5.41) is 3.42. The number of hydrogen-bond acceptors (Lipinski definition) is 3. The Labute approximate surface area is 125 Å². The van der Waals surface area contributed by atoms with Crippen LogP contribution in [0.3, 0.4) is 0 Å². The SMILES string of the molecule is C=C1c2cc[nH]c2NCC1c1ccc(CCCOC)nc1. The van der Waals surface area contributed by atoms with Crippen molar-refractivity contribution in [3.63, 3.8) is 0 Å². The summed E-state index contributed by atoms with van der Waals surface area (Å²) < 4.78 is 5.07. The highest BCUT2D eigenvalue weighted by atomic mass is 16.5. The number of rotatable bonds is 5. The van der Waals surface area contributed by atoms with Crippen LogP contribution in [0.25, 0.3) is 5.57 Å². The van der Waals surface area contributed by atoms with Gasteiger partial charge in [-0.1, -0.05) is 12.6 Å². The van der Waals surface area contributed by atoms with Crippen LogP contribution >= 0.6 is 0 Å². The Kier molecular flexibility index (Phi) is 4.06. The van der Waals surface area contributed by atoms with Crippen molar-refractivity contribution in [2.24, 2.45) is 0 Å². The number of methoxy groups -OCH3 is 1. The number of aromatic nitrogens is 2. The van der Waals surface area contributed by atoms with Crippen LogP contribution in [0.1, 0.15) is 29.2 Å². The number of ether oxygens (including phenoxy) is 1. The molecule has 0 amide bonds. The zero-order chi connectivity index (χ0) is 14.7. The van der Waals surface area contributed by atoms with Crippen molar-refractivity contribution in [2.45, 2.75) is 18.8 Å². The lowest BCUT2D eigenvalue weighted by Crippen LogP contribution is -2.20. The van der Waals surface area contributed by atoms with E-state index in [1.807, 2.05) is 12.4 Å². The van der Waals surface area contributed by atoms with Gasteiger partial charge >= 0.3 is 0 Å². The molecule has 21 heavy (non-hydrogen) atoms. The number of anilines is 1. The quantitative estimate of drug-likeness (QED) is 0.828. The Balaban J connectivity index is 1.71. The summed E-state index contributed by atoms with van der Waals surface area (Å²) in [4.78, 5) is 7.77. The van der Waals surface area contributed by atoms with Crippen molar-refractivity contribution >= 4 is 11.4 Å². The average molecular weight is 283 g/mol. The molecule has 0 aromatic carbocycles. The minimum Gasteiger partial charge on any atom is -0.385 e. The maximum Gasteiger partial charge on any atom is 0.110 e. The second-order valence-electron chi connectivity index (χ2n) is 5.40. The fourth-order valence-corrected chi connectivity index (χ4v) is 2.80. The van der Waals surface area contributed by atoms with Gasteiger partial charge in [0.1, 0.15) is 5.82 Å². The summed E-state index contributed by atoms with van der Waals surface area (Å²) >= 11 is 0. The van der Waals surface area contributed by atoms with Gasteiger partial charge in [-0.25, -0.2) is 0 Å². The van der Waals surface area contributed by atoms with E-state index < -0.39 is 0 Å². The molecule has 0 saturated carbocycles. The van der Waals surface area contributed by atoms with Gasteiger partial charge in [0.15, 0.2) is 0 Å². The molecule has 0 spiro atoms. The molecule has 3 rings (SSSR count). The lowest BCUT2D eigenvalue weighted by atomic mass is 9.87. The first kappa shape index (κ1) is 13.9. The van der Waals surface area contributed by atoms with Crippen molar-refractivity contribution in [1.82, 2.24) is 9.97 Å². The number of H-pyrrole nitrogens is 1. The van der Waals surface area contributed by atoms with Crippen LogP contribution in [0.5, 0.6) is 0 Å². The van der Waals surface area contributed by atoms with Crippen LogP contribution in [0.2, 0.25) is 0 Å². The molecule has 2 aromatic heterocycles. The molecule has 0 saturated heterocycles. The molecule has 0 bridgehead atoms. The van der Waals surface area contributed by atoms with E-state index in [-0.39, 0.29) is 5.92 Å². The lowest BCUT2D eigenvalue weighted by Gasteiger charge is -2.26. The predicted molar refractivity (Wildman–Crippen MR) is 85.5 cm³/mol. The van der Waals surface area contributed by atoms with E-state index in [4.69, 9.17) is 4.74 Å². The molecule has 4 heteroatoms. The fraction of sp³-hybridized carbons (Fsp3) is 0.353. The topological polar surface area (TPSA) is 49.9 Å². The first-order valence-electron chi connectivity index (χ1n) is 7.34. The van der Waals surface area contributed by atoms with Crippen LogP contribution < -0.4 is 5.32 Å². The molecular formula is C17H21N3O. The third-order valence-corrected chi connectivity index (χ3v) is 4.03. The normalized spacial score (nSPS) is 17.4. The molecular weight excluding hydrogens is 262 g/mol. The summed E-state index contributed by atoms with van der Waals surface area (Å²) in [6.45, 7) is 5.90. The van der Waals surface area contributed by atoms with Gasteiger partial charge in [0, 0.05) is 49.8 Å². The number of aryl methyl sites for hydroxylation is 1. The van der Waals surface area contributed by atoms with Gasteiger partial charge in [0.05, 0.1) is 0 Å². The summed E-state index contributed by atoms with van der Waals surface area (Å²) in [6, 6.07) is 6.36. The number of nitrogens with one attached hydrogen (secondary N) is 2. The molecule has 2 N–H and O–H groups in total. The van der Waals surface area contributed by atoms with Gasteiger partial charge in [-0.15, -0.1) is 0 Å². The van der Waals surface area contributed by atoms with Gasteiger partial charge in [0.25, 0.3) is 0 Å². The lowest BCUT2D eigenvalue weighted by molar-refractivity contribution is 0.195. The van der Waals surface area contributed by atoms with E-state index in [0.29, 0.717) is 0 Å². The molecule has 110 valence electrons. The molecule has 1 aliphatic heterocycles. The summed E-state index contributed by atoms with van der Waals surface area (Å²) in [5.74, 6) is 1.36. The number of nitrogens with zero attached hydrogens (tertiary/aromatic N) is 1. The number of aromatic amines is 1. The smallest absolute Gasteiger partial charge is 0.110 e. The number of pyridine rings is 1. The minimum absolute atomic E-state index is 0.286. The standard InChI is InChI=1S/C17H21N3O/c1-12-15-7-8-18-17(15)20-11-16(12)13-5-6-14(19-10-13)4-3-9-21-2/h5-8,10,16,18,20H,1,3-4,9,11H2,2H3. The van der Waals surface area contributed by atoms with E-state index in [1.165, 1.54) is 11.1 Å². The van der Waals surface area contributed by atoms with Crippen molar-refractivity contribution < 1.29 is 4.74 Å². The predicted octanol–water partition coefficient (Wildman–Crippen LogP) is 3.21. The highest BCUT2D eigenvalue weighted by Gasteiger charge is 2.24. The molecule has 1 aliphatic rings. The maximum atomic E-state index is 5.07. The molecule has 4 nitrogen and oxygen atoms in total. The van der Waals surface area contributed by atoms with E-state index in [9.17, 15) is 0 Å². The molecule has 3 heterocycles. The highest BCUT2D eigenvalue weighted by Crippen LogP contribution is 2.37. The van der Waals surface area contributed by atoms with Gasteiger partial charge < -0.3 is 15.0 Å². The Morgan fingerprint density at radius 1 is 1.38 bits per heavy atom. The Morgan fingerprint density at radius 2 is 2.29 bits per heavy atom. The van der Waals surface area contributed by atoms with Gasteiger partial charge in [-0.3, -0.25) is 4.98 Å². The maximum absolute atomic E-state index is 5.07. The fourth-order valence-electron chi connectivity index (χ4n) is 2.80. The third-order valence-electron chi connectivity index (χ3n) is 4.03. The van der Waals surface area contributed by atoms with Crippen molar-refractivity contribution in [2.75, 3.05) is 25.6 Å². The first-order valence-corrected chi connectivity index (χ1v) is 7.34. The van der Waals surface area contributed by atoms with Crippen molar-refractivity contribution in [1.29, 1.82) is 0 Å². The summed E-state index contributed by atoms with van der Waals surface area (Å²) in [5.41, 5.74) is 4.66. The van der Waals surface area contributed by atoms with Crippen LogP contribution in [0.15, 0.2) is 37.2 Å². The monoisotopic (exact) mass is 283 g/mol.